The zero-order chi connectivity index (χ0) is 15.7. The van der Waals surface area contributed by atoms with E-state index in [9.17, 15) is 13.2 Å². The molecule has 0 atom stereocenters. The van der Waals surface area contributed by atoms with E-state index < -0.39 is 12.1 Å². The summed E-state index contributed by atoms with van der Waals surface area (Å²) < 4.78 is 44.3. The topological polar surface area (TPSA) is 56.7 Å². The second kappa shape index (κ2) is 5.71. The van der Waals surface area contributed by atoms with Crippen molar-refractivity contribution in [3.63, 3.8) is 0 Å². The zero-order valence-corrected chi connectivity index (χ0v) is 13.0. The minimum absolute atomic E-state index is 0.0903. The van der Waals surface area contributed by atoms with Crippen LogP contribution in [0.2, 0.25) is 0 Å². The molecule has 1 aromatic carbocycles. The Hall–Kier alpha value is -1.91. The zero-order valence-electron chi connectivity index (χ0n) is 10.9. The van der Waals surface area contributed by atoms with Gasteiger partial charge in [0.1, 0.15) is 0 Å². The lowest BCUT2D eigenvalue weighted by molar-refractivity contribution is -0.159. The number of hydrogen-bond acceptors (Lipinski definition) is 4. The molecule has 0 spiro atoms. The van der Waals surface area contributed by atoms with Crippen molar-refractivity contribution in [2.75, 3.05) is 0 Å². The third kappa shape index (κ3) is 3.29. The van der Waals surface area contributed by atoms with Crippen molar-refractivity contribution in [2.24, 2.45) is 0 Å². The second-order valence-electron chi connectivity index (χ2n) is 4.47. The lowest BCUT2D eigenvalue weighted by Crippen LogP contribution is -2.04. The molecule has 0 amide bonds. The van der Waals surface area contributed by atoms with Gasteiger partial charge in [0, 0.05) is 11.8 Å². The maximum Gasteiger partial charge on any atom is 0.471 e. The minimum Gasteiger partial charge on any atom is -0.329 e. The van der Waals surface area contributed by atoms with Crippen molar-refractivity contribution in [3.05, 3.63) is 51.7 Å². The van der Waals surface area contributed by atoms with Gasteiger partial charge in [-0.2, -0.15) is 23.3 Å². The summed E-state index contributed by atoms with van der Waals surface area (Å²) >= 11 is 2.16. The largest absolute Gasteiger partial charge is 0.471 e. The van der Waals surface area contributed by atoms with E-state index in [-0.39, 0.29) is 5.82 Å². The Kier molecular flexibility index (Phi) is 3.89. The number of benzene rings is 1. The van der Waals surface area contributed by atoms with E-state index in [0.29, 0.717) is 12.1 Å². The third-order valence-corrected chi connectivity index (χ3v) is 3.38. The predicted octanol–water partition coefficient (Wildman–Crippen LogP) is 3.60. The second-order valence-corrected chi connectivity index (χ2v) is 5.72. The summed E-state index contributed by atoms with van der Waals surface area (Å²) in [6.45, 7) is 0.573. The normalized spacial score (nSPS) is 11.8. The minimum atomic E-state index is -4.64. The van der Waals surface area contributed by atoms with Crippen molar-refractivity contribution >= 4 is 22.6 Å². The van der Waals surface area contributed by atoms with Crippen LogP contribution in [0.5, 0.6) is 0 Å². The van der Waals surface area contributed by atoms with Gasteiger partial charge in [-0.05, 0) is 28.2 Å². The Labute approximate surface area is 136 Å². The highest BCUT2D eigenvalue weighted by molar-refractivity contribution is 14.1. The molecule has 0 aliphatic rings. The summed E-state index contributed by atoms with van der Waals surface area (Å²) in [6.07, 6.45) is -1.00. The molecule has 0 bridgehead atoms. The summed E-state index contributed by atoms with van der Waals surface area (Å²) in [7, 11) is 0. The maximum absolute atomic E-state index is 12.4. The molecule has 22 heavy (non-hydrogen) atoms. The molecule has 2 heterocycles. The molecular weight excluding hydrogens is 412 g/mol. The molecule has 0 saturated heterocycles. The fraction of sp³-hybridized carbons (Fsp3) is 0.154. The molecule has 0 radical (unpaired) electrons. The van der Waals surface area contributed by atoms with Gasteiger partial charge in [0.15, 0.2) is 0 Å². The summed E-state index contributed by atoms with van der Waals surface area (Å²) in [4.78, 5) is 3.35. The standard InChI is InChI=1S/C13H8F3IN4O/c14-13(15,16)12-19-11(20-22-12)9-3-1-8(2-4-9)6-21-7-10(17)5-18-21/h1-5,7H,6H2. The van der Waals surface area contributed by atoms with Gasteiger partial charge in [-0.3, -0.25) is 4.68 Å². The molecule has 0 unspecified atom stereocenters. The first-order valence-electron chi connectivity index (χ1n) is 6.10. The van der Waals surface area contributed by atoms with Crippen LogP contribution in [0.1, 0.15) is 11.5 Å². The van der Waals surface area contributed by atoms with Crippen LogP contribution >= 0.6 is 22.6 Å². The van der Waals surface area contributed by atoms with Crippen LogP contribution in [-0.4, -0.2) is 19.9 Å². The van der Waals surface area contributed by atoms with Crippen molar-refractivity contribution in [1.82, 2.24) is 19.9 Å². The first-order chi connectivity index (χ1) is 10.4. The van der Waals surface area contributed by atoms with Gasteiger partial charge < -0.3 is 4.52 Å². The molecule has 0 aliphatic heterocycles. The Bertz CT molecular complexity index is 779. The van der Waals surface area contributed by atoms with Crippen LogP contribution in [-0.2, 0) is 12.7 Å². The van der Waals surface area contributed by atoms with Crippen molar-refractivity contribution < 1.29 is 17.7 Å². The van der Waals surface area contributed by atoms with Crippen LogP contribution in [0.4, 0.5) is 13.2 Å². The van der Waals surface area contributed by atoms with Gasteiger partial charge in [-0.15, -0.1) is 0 Å². The van der Waals surface area contributed by atoms with Crippen LogP contribution < -0.4 is 0 Å². The average Bonchev–Trinajstić information content (AvgIpc) is 3.08. The molecule has 0 fully saturated rings. The Balaban J connectivity index is 1.78. The van der Waals surface area contributed by atoms with Crippen LogP contribution in [0.25, 0.3) is 11.4 Å². The summed E-state index contributed by atoms with van der Waals surface area (Å²) in [6, 6.07) is 6.87. The molecular formula is C13H8F3IN4O. The number of alkyl halides is 3. The van der Waals surface area contributed by atoms with E-state index in [1.807, 2.05) is 6.20 Å². The fourth-order valence-electron chi connectivity index (χ4n) is 1.83. The first-order valence-corrected chi connectivity index (χ1v) is 7.18. The summed E-state index contributed by atoms with van der Waals surface area (Å²) in [5.41, 5.74) is 1.42. The molecule has 5 nitrogen and oxygen atoms in total. The first kappa shape index (κ1) is 15.0. The van der Waals surface area contributed by atoms with Crippen LogP contribution in [0.15, 0.2) is 41.2 Å². The van der Waals surface area contributed by atoms with Gasteiger partial charge in [-0.25, -0.2) is 0 Å². The smallest absolute Gasteiger partial charge is 0.329 e. The van der Waals surface area contributed by atoms with Crippen molar-refractivity contribution in [2.45, 2.75) is 12.7 Å². The van der Waals surface area contributed by atoms with E-state index in [1.54, 1.807) is 35.1 Å². The van der Waals surface area contributed by atoms with Gasteiger partial charge in [-0.1, -0.05) is 29.4 Å². The molecule has 0 N–H and O–H groups in total. The van der Waals surface area contributed by atoms with Gasteiger partial charge in [0.05, 0.1) is 16.3 Å². The number of aromatic nitrogens is 4. The average molecular weight is 420 g/mol. The molecule has 0 saturated carbocycles. The van der Waals surface area contributed by atoms with Gasteiger partial charge >= 0.3 is 12.1 Å². The van der Waals surface area contributed by atoms with Gasteiger partial charge in [0.25, 0.3) is 0 Å². The molecule has 3 aromatic rings. The Morgan fingerprint density at radius 2 is 1.91 bits per heavy atom. The highest BCUT2D eigenvalue weighted by Gasteiger charge is 2.38. The Morgan fingerprint density at radius 1 is 1.18 bits per heavy atom. The number of rotatable bonds is 3. The SMILES string of the molecule is FC(F)(F)c1nc(-c2ccc(Cn3cc(I)cn3)cc2)no1. The number of hydrogen-bond donors (Lipinski definition) is 0. The lowest BCUT2D eigenvalue weighted by atomic mass is 10.1. The van der Waals surface area contributed by atoms with E-state index >= 15 is 0 Å². The molecule has 114 valence electrons. The molecule has 9 heteroatoms. The summed E-state index contributed by atoms with van der Waals surface area (Å²) in [5, 5.41) is 7.51. The van der Waals surface area contributed by atoms with Crippen molar-refractivity contribution in [3.8, 4) is 11.4 Å². The van der Waals surface area contributed by atoms with E-state index in [4.69, 9.17) is 0 Å². The van der Waals surface area contributed by atoms with Gasteiger partial charge in [0.2, 0.25) is 5.82 Å². The monoisotopic (exact) mass is 420 g/mol. The fourth-order valence-corrected chi connectivity index (χ4v) is 2.27. The summed E-state index contributed by atoms with van der Waals surface area (Å²) in [5.74, 6) is -1.44. The van der Waals surface area contributed by atoms with E-state index in [2.05, 4.69) is 42.4 Å². The van der Waals surface area contributed by atoms with Crippen LogP contribution in [0.3, 0.4) is 0 Å². The quantitative estimate of drug-likeness (QED) is 0.608. The lowest BCUT2D eigenvalue weighted by Gasteiger charge is -2.02. The van der Waals surface area contributed by atoms with E-state index in [0.717, 1.165) is 9.13 Å². The molecule has 2 aromatic heterocycles. The van der Waals surface area contributed by atoms with Crippen molar-refractivity contribution in [1.29, 1.82) is 0 Å². The predicted molar refractivity (Wildman–Crippen MR) is 78.8 cm³/mol. The Morgan fingerprint density at radius 3 is 2.45 bits per heavy atom. The van der Waals surface area contributed by atoms with E-state index in [1.165, 1.54) is 0 Å². The number of halogens is 4. The highest BCUT2D eigenvalue weighted by Crippen LogP contribution is 2.29. The molecule has 0 aliphatic carbocycles. The third-order valence-electron chi connectivity index (χ3n) is 2.83. The molecule has 3 rings (SSSR count). The maximum atomic E-state index is 12.4. The number of nitrogens with zero attached hydrogens (tertiary/aromatic N) is 4. The van der Waals surface area contributed by atoms with Crippen LogP contribution in [0, 0.1) is 3.57 Å². The highest BCUT2D eigenvalue weighted by atomic mass is 127.